The Kier molecular flexibility index (Phi) is 14.0. The Morgan fingerprint density at radius 2 is 1.21 bits per heavy atom. The molecule has 0 aliphatic carbocycles. The number of hydrogen-bond donors (Lipinski definition) is 7. The van der Waals surface area contributed by atoms with E-state index < -0.39 is 47.9 Å². The van der Waals surface area contributed by atoms with Gasteiger partial charge >= 0.3 is 5.97 Å². The van der Waals surface area contributed by atoms with Crippen molar-refractivity contribution in [2.24, 2.45) is 28.1 Å². The first-order valence-corrected chi connectivity index (χ1v) is 14.0. The maximum atomic E-state index is 13.6. The molecule has 0 aliphatic heterocycles. The van der Waals surface area contributed by atoms with E-state index in [1.54, 1.807) is 24.3 Å². The summed E-state index contributed by atoms with van der Waals surface area (Å²) in [5.74, 6) is -2.98. The molecular weight excluding hydrogens is 538 g/mol. The fraction of sp³-hybridized carbons (Fsp3) is 0.433. The molecule has 12 nitrogen and oxygen atoms in total. The molecule has 228 valence electrons. The second-order valence-corrected chi connectivity index (χ2v) is 10.6. The molecule has 0 saturated carbocycles. The number of nitrogens with two attached hydrogens (primary N) is 3. The Balaban J connectivity index is 2.25. The number of nitrogens with one attached hydrogen (secondary N) is 3. The summed E-state index contributed by atoms with van der Waals surface area (Å²) in [6, 6.07) is 13.9. The van der Waals surface area contributed by atoms with Gasteiger partial charge in [0.2, 0.25) is 17.7 Å². The summed E-state index contributed by atoms with van der Waals surface area (Å²) >= 11 is 0. The van der Waals surface area contributed by atoms with Crippen LogP contribution in [-0.2, 0) is 32.0 Å². The van der Waals surface area contributed by atoms with Crippen molar-refractivity contribution in [3.8, 4) is 0 Å². The number of carboxylic acid groups (broad SMARTS) is 1. The van der Waals surface area contributed by atoms with Crippen molar-refractivity contribution in [2.75, 3.05) is 6.54 Å². The quantitative estimate of drug-likeness (QED) is 0.0788. The summed E-state index contributed by atoms with van der Waals surface area (Å²) in [6.07, 6.45) is 1.23. The number of guanidine groups is 1. The van der Waals surface area contributed by atoms with Gasteiger partial charge in [0.25, 0.3) is 0 Å². The minimum Gasteiger partial charge on any atom is -0.480 e. The van der Waals surface area contributed by atoms with Gasteiger partial charge in [-0.05, 0) is 36.3 Å². The SMILES string of the molecule is CC(C)CC(NC(=O)C(Cc1ccccc1)NC(=O)C(Cc1ccccc1)NC(=O)C(N)CCCN=C(N)N)C(=O)O. The standard InChI is InChI=1S/C30H43N7O5/c1-19(2)16-25(29(41)42)37-28(40)24(18-21-12-7-4-8-13-21)36-27(39)23(17-20-10-5-3-6-11-20)35-26(38)22(31)14-9-15-34-30(32)33/h3-8,10-13,19,22-25H,9,14-18,31H2,1-2H3,(H,35,38)(H,36,39)(H,37,40)(H,41,42)(H4,32,33,34). The van der Waals surface area contributed by atoms with Crippen LogP contribution in [0.1, 0.15) is 44.2 Å². The number of aliphatic carboxylic acids is 1. The molecule has 2 aromatic rings. The van der Waals surface area contributed by atoms with Crippen LogP contribution in [0.4, 0.5) is 0 Å². The fourth-order valence-corrected chi connectivity index (χ4v) is 4.28. The van der Waals surface area contributed by atoms with Gasteiger partial charge in [-0.2, -0.15) is 0 Å². The minimum atomic E-state index is -1.16. The molecule has 0 saturated heterocycles. The average Bonchev–Trinajstić information content (AvgIpc) is 2.94. The zero-order valence-electron chi connectivity index (χ0n) is 24.2. The van der Waals surface area contributed by atoms with E-state index in [0.717, 1.165) is 11.1 Å². The van der Waals surface area contributed by atoms with Crippen LogP contribution in [0.3, 0.4) is 0 Å². The first-order chi connectivity index (χ1) is 20.0. The molecule has 0 radical (unpaired) electrons. The number of carbonyl (C=O) groups is 4. The van der Waals surface area contributed by atoms with Gasteiger partial charge < -0.3 is 38.3 Å². The zero-order chi connectivity index (χ0) is 31.1. The van der Waals surface area contributed by atoms with Crippen molar-refractivity contribution >= 4 is 29.7 Å². The van der Waals surface area contributed by atoms with Crippen LogP contribution < -0.4 is 33.2 Å². The van der Waals surface area contributed by atoms with Gasteiger partial charge in [-0.1, -0.05) is 74.5 Å². The molecule has 0 spiro atoms. The van der Waals surface area contributed by atoms with Gasteiger partial charge in [0, 0.05) is 19.4 Å². The predicted molar refractivity (Wildman–Crippen MR) is 161 cm³/mol. The van der Waals surface area contributed by atoms with Crippen molar-refractivity contribution in [2.45, 2.75) is 70.1 Å². The number of rotatable bonds is 17. The summed E-state index contributed by atoms with van der Waals surface area (Å²) in [7, 11) is 0. The predicted octanol–water partition coefficient (Wildman–Crippen LogP) is 0.438. The van der Waals surface area contributed by atoms with Crippen molar-refractivity contribution in [3.05, 3.63) is 71.8 Å². The largest absolute Gasteiger partial charge is 0.480 e. The van der Waals surface area contributed by atoms with E-state index in [4.69, 9.17) is 17.2 Å². The lowest BCUT2D eigenvalue weighted by Gasteiger charge is -2.26. The lowest BCUT2D eigenvalue weighted by atomic mass is 10.0. The summed E-state index contributed by atoms with van der Waals surface area (Å²) in [4.78, 5) is 55.7. The van der Waals surface area contributed by atoms with E-state index in [-0.39, 0.29) is 37.6 Å². The Bertz CT molecular complexity index is 1190. The Morgan fingerprint density at radius 3 is 1.64 bits per heavy atom. The van der Waals surface area contributed by atoms with Crippen LogP contribution in [0.2, 0.25) is 0 Å². The molecule has 0 aliphatic rings. The van der Waals surface area contributed by atoms with E-state index in [2.05, 4.69) is 20.9 Å². The highest BCUT2D eigenvalue weighted by atomic mass is 16.4. The Hall–Kier alpha value is -4.45. The number of benzene rings is 2. The van der Waals surface area contributed by atoms with E-state index in [0.29, 0.717) is 13.0 Å². The molecule has 0 aromatic heterocycles. The number of carbonyl (C=O) groups excluding carboxylic acids is 3. The molecular formula is C30H43N7O5. The van der Waals surface area contributed by atoms with Crippen LogP contribution in [0.15, 0.2) is 65.7 Å². The van der Waals surface area contributed by atoms with Crippen LogP contribution in [-0.4, -0.2) is 65.5 Å². The number of hydrogen-bond acceptors (Lipinski definition) is 6. The maximum Gasteiger partial charge on any atom is 0.326 e. The first kappa shape index (κ1) is 33.8. The second-order valence-electron chi connectivity index (χ2n) is 10.6. The molecule has 0 bridgehead atoms. The van der Waals surface area contributed by atoms with E-state index >= 15 is 0 Å². The molecule has 10 N–H and O–H groups in total. The molecule has 0 heterocycles. The number of nitrogens with zero attached hydrogens (tertiary/aromatic N) is 1. The smallest absolute Gasteiger partial charge is 0.326 e. The number of carboxylic acids is 1. The van der Waals surface area contributed by atoms with Gasteiger partial charge in [0.1, 0.15) is 18.1 Å². The van der Waals surface area contributed by atoms with Crippen LogP contribution in [0.25, 0.3) is 0 Å². The third-order valence-electron chi connectivity index (χ3n) is 6.46. The van der Waals surface area contributed by atoms with Crippen molar-refractivity contribution in [3.63, 3.8) is 0 Å². The van der Waals surface area contributed by atoms with Gasteiger partial charge in [-0.3, -0.25) is 19.4 Å². The topological polar surface area (TPSA) is 215 Å². The van der Waals surface area contributed by atoms with Crippen molar-refractivity contribution in [1.82, 2.24) is 16.0 Å². The molecule has 2 rings (SSSR count). The summed E-state index contributed by atoms with van der Waals surface area (Å²) in [5.41, 5.74) is 18.3. The molecule has 4 unspecified atom stereocenters. The van der Waals surface area contributed by atoms with E-state index in [1.165, 1.54) is 0 Å². The van der Waals surface area contributed by atoms with E-state index in [1.807, 2.05) is 50.2 Å². The minimum absolute atomic E-state index is 0.0164. The van der Waals surface area contributed by atoms with Crippen LogP contribution in [0.5, 0.6) is 0 Å². The number of aliphatic imine (C=N–C) groups is 1. The summed E-state index contributed by atoms with van der Waals surface area (Å²) in [6.45, 7) is 4.02. The zero-order valence-corrected chi connectivity index (χ0v) is 24.2. The Morgan fingerprint density at radius 1 is 0.762 bits per heavy atom. The van der Waals surface area contributed by atoms with Crippen LogP contribution in [0, 0.1) is 5.92 Å². The fourth-order valence-electron chi connectivity index (χ4n) is 4.28. The maximum absolute atomic E-state index is 13.6. The van der Waals surface area contributed by atoms with Crippen LogP contribution >= 0.6 is 0 Å². The van der Waals surface area contributed by atoms with E-state index in [9.17, 15) is 24.3 Å². The lowest BCUT2D eigenvalue weighted by Crippen LogP contribution is -2.58. The number of amides is 3. The summed E-state index contributed by atoms with van der Waals surface area (Å²) < 4.78 is 0. The van der Waals surface area contributed by atoms with Crippen molar-refractivity contribution < 1.29 is 24.3 Å². The second kappa shape index (κ2) is 17.4. The molecule has 12 heteroatoms. The van der Waals surface area contributed by atoms with Gasteiger partial charge in [-0.15, -0.1) is 0 Å². The third-order valence-corrected chi connectivity index (χ3v) is 6.46. The Labute approximate surface area is 246 Å². The van der Waals surface area contributed by atoms with Gasteiger partial charge in [0.05, 0.1) is 6.04 Å². The van der Waals surface area contributed by atoms with Crippen molar-refractivity contribution in [1.29, 1.82) is 0 Å². The highest BCUT2D eigenvalue weighted by Gasteiger charge is 2.31. The molecule has 4 atom stereocenters. The lowest BCUT2D eigenvalue weighted by molar-refractivity contribution is -0.142. The monoisotopic (exact) mass is 581 g/mol. The highest BCUT2D eigenvalue weighted by Crippen LogP contribution is 2.10. The summed E-state index contributed by atoms with van der Waals surface area (Å²) in [5, 5.41) is 17.7. The molecule has 3 amide bonds. The highest BCUT2D eigenvalue weighted by molar-refractivity contribution is 5.94. The average molecular weight is 582 g/mol. The molecule has 42 heavy (non-hydrogen) atoms. The third kappa shape index (κ3) is 12.4. The normalized spacial score (nSPS) is 13.7. The molecule has 0 fully saturated rings. The first-order valence-electron chi connectivity index (χ1n) is 14.0. The van der Waals surface area contributed by atoms with Gasteiger partial charge in [-0.25, -0.2) is 4.79 Å². The van der Waals surface area contributed by atoms with Gasteiger partial charge in [0.15, 0.2) is 5.96 Å². The molecule has 2 aromatic carbocycles.